The molecule has 1 aliphatic rings. The Morgan fingerprint density at radius 3 is 2.58 bits per heavy atom. The molecule has 2 aromatic heterocycles. The number of halogens is 1. The van der Waals surface area contributed by atoms with Crippen molar-refractivity contribution in [1.82, 2.24) is 19.5 Å². The van der Waals surface area contributed by atoms with E-state index < -0.39 is 5.95 Å². The Morgan fingerprint density at radius 2 is 1.88 bits per heavy atom. The molecule has 0 amide bonds. The molecule has 1 aromatic carbocycles. The monoisotopic (exact) mass is 352 g/mol. The summed E-state index contributed by atoms with van der Waals surface area (Å²) < 4.78 is 21.7. The number of imidazole rings is 1. The maximum Gasteiger partial charge on any atom is 0.223 e. The van der Waals surface area contributed by atoms with Crippen molar-refractivity contribution in [3.05, 3.63) is 65.4 Å². The molecule has 1 aliphatic carbocycles. The summed E-state index contributed by atoms with van der Waals surface area (Å²) in [6.07, 6.45) is 6.20. The summed E-state index contributed by atoms with van der Waals surface area (Å²) in [6, 6.07) is 8.09. The van der Waals surface area contributed by atoms with Crippen LogP contribution < -0.4 is 4.74 Å². The Labute approximate surface area is 151 Å². The van der Waals surface area contributed by atoms with Crippen LogP contribution in [0.5, 0.6) is 5.88 Å². The van der Waals surface area contributed by atoms with E-state index in [1.54, 1.807) is 13.8 Å². The van der Waals surface area contributed by atoms with Crippen molar-refractivity contribution in [2.24, 2.45) is 0 Å². The summed E-state index contributed by atoms with van der Waals surface area (Å²) in [5.74, 6) is 0.748. The second-order valence-corrected chi connectivity index (χ2v) is 6.82. The number of hydrogen-bond acceptors (Lipinski definition) is 4. The predicted molar refractivity (Wildman–Crippen MR) is 96.0 cm³/mol. The van der Waals surface area contributed by atoms with Gasteiger partial charge in [-0.15, -0.1) is 0 Å². The zero-order valence-corrected chi connectivity index (χ0v) is 15.1. The van der Waals surface area contributed by atoms with Crippen molar-refractivity contribution >= 4 is 0 Å². The lowest BCUT2D eigenvalue weighted by Crippen LogP contribution is -2.08. The number of benzene rings is 1. The molecule has 5 nitrogen and oxygen atoms in total. The van der Waals surface area contributed by atoms with E-state index in [1.165, 1.54) is 18.5 Å². The van der Waals surface area contributed by atoms with Gasteiger partial charge in [0.15, 0.2) is 0 Å². The van der Waals surface area contributed by atoms with Crippen molar-refractivity contribution in [1.29, 1.82) is 0 Å². The third kappa shape index (κ3) is 3.31. The average Bonchev–Trinajstić information content (AvgIpc) is 3.36. The minimum absolute atomic E-state index is 0.249. The van der Waals surface area contributed by atoms with E-state index in [4.69, 9.17) is 4.74 Å². The number of aromatic nitrogens is 4. The van der Waals surface area contributed by atoms with Crippen LogP contribution in [0.2, 0.25) is 0 Å². The average molecular weight is 352 g/mol. The molecule has 3 aromatic rings. The van der Waals surface area contributed by atoms with E-state index in [-0.39, 0.29) is 12.0 Å². The number of hydrogen-bond donors (Lipinski definition) is 0. The largest absolute Gasteiger partial charge is 0.469 e. The van der Waals surface area contributed by atoms with Crippen molar-refractivity contribution in [3.8, 4) is 11.6 Å². The zero-order chi connectivity index (χ0) is 18.3. The molecule has 1 atom stereocenters. The fourth-order valence-corrected chi connectivity index (χ4v) is 2.91. The highest BCUT2D eigenvalue weighted by Gasteiger charge is 2.25. The first-order chi connectivity index (χ1) is 12.5. The first-order valence-electron chi connectivity index (χ1n) is 8.83. The van der Waals surface area contributed by atoms with Gasteiger partial charge in [-0.25, -0.2) is 9.97 Å². The molecular weight excluding hydrogens is 331 g/mol. The van der Waals surface area contributed by atoms with Gasteiger partial charge in [0.1, 0.15) is 11.9 Å². The first kappa shape index (κ1) is 16.7. The third-order valence-electron chi connectivity index (χ3n) is 4.70. The highest BCUT2D eigenvalue weighted by atomic mass is 19.1. The first-order valence-corrected chi connectivity index (χ1v) is 8.83. The summed E-state index contributed by atoms with van der Waals surface area (Å²) >= 11 is 0. The molecule has 0 saturated heterocycles. The van der Waals surface area contributed by atoms with Gasteiger partial charge in [-0.1, -0.05) is 12.1 Å². The van der Waals surface area contributed by atoms with Crippen molar-refractivity contribution in [2.75, 3.05) is 0 Å². The minimum atomic E-state index is -0.540. The maximum atomic E-state index is 13.8. The standard InChI is InChI=1S/C20H21FN4O/c1-12-19(21)23-14(3)24-20(12)26-13(2)15-6-8-17(9-7-15)25-10-18(22-11-25)16-4-5-16/h6-11,13,16H,4-5H2,1-3H3. The Kier molecular flexibility index (Phi) is 4.18. The van der Waals surface area contributed by atoms with Crippen molar-refractivity contribution in [2.45, 2.75) is 45.6 Å². The Bertz CT molecular complexity index is 931. The second-order valence-electron chi connectivity index (χ2n) is 6.82. The molecule has 0 N–H and O–H groups in total. The maximum absolute atomic E-state index is 13.8. The zero-order valence-electron chi connectivity index (χ0n) is 15.1. The number of rotatable bonds is 5. The van der Waals surface area contributed by atoms with Gasteiger partial charge in [-0.3, -0.25) is 0 Å². The molecule has 0 bridgehead atoms. The summed E-state index contributed by atoms with van der Waals surface area (Å²) in [5, 5.41) is 0. The third-order valence-corrected chi connectivity index (χ3v) is 4.70. The van der Waals surface area contributed by atoms with Crippen LogP contribution in [-0.2, 0) is 0 Å². The molecule has 4 rings (SSSR count). The van der Waals surface area contributed by atoms with Crippen LogP contribution in [0, 0.1) is 19.8 Å². The second kappa shape index (κ2) is 6.52. The van der Waals surface area contributed by atoms with E-state index in [0.717, 1.165) is 11.3 Å². The van der Waals surface area contributed by atoms with Crippen LogP contribution in [0.1, 0.15) is 54.4 Å². The molecule has 134 valence electrons. The Hall–Kier alpha value is -2.76. The molecule has 6 heteroatoms. The van der Waals surface area contributed by atoms with Crippen LogP contribution in [0.4, 0.5) is 4.39 Å². The highest BCUT2D eigenvalue weighted by Crippen LogP contribution is 2.39. The van der Waals surface area contributed by atoms with E-state index in [2.05, 4.69) is 21.1 Å². The fraction of sp³-hybridized carbons (Fsp3) is 0.350. The van der Waals surface area contributed by atoms with Gasteiger partial charge >= 0.3 is 0 Å². The topological polar surface area (TPSA) is 52.8 Å². The van der Waals surface area contributed by atoms with Gasteiger partial charge in [0.2, 0.25) is 11.8 Å². The van der Waals surface area contributed by atoms with Crippen LogP contribution in [0.25, 0.3) is 5.69 Å². The molecule has 1 unspecified atom stereocenters. The number of nitrogens with zero attached hydrogens (tertiary/aromatic N) is 4. The van der Waals surface area contributed by atoms with E-state index in [0.29, 0.717) is 17.3 Å². The molecule has 1 saturated carbocycles. The Balaban J connectivity index is 1.50. The quantitative estimate of drug-likeness (QED) is 0.637. The van der Waals surface area contributed by atoms with Gasteiger partial charge in [-0.05, 0) is 51.3 Å². The molecule has 0 spiro atoms. The smallest absolute Gasteiger partial charge is 0.223 e. The van der Waals surface area contributed by atoms with Crippen LogP contribution in [-0.4, -0.2) is 19.5 Å². The minimum Gasteiger partial charge on any atom is -0.469 e. The molecule has 26 heavy (non-hydrogen) atoms. The summed E-state index contributed by atoms with van der Waals surface area (Å²) in [6.45, 7) is 5.19. The summed E-state index contributed by atoms with van der Waals surface area (Å²) in [5.41, 5.74) is 3.54. The van der Waals surface area contributed by atoms with E-state index in [9.17, 15) is 4.39 Å². The van der Waals surface area contributed by atoms with Crippen molar-refractivity contribution in [3.63, 3.8) is 0 Å². The van der Waals surface area contributed by atoms with Gasteiger partial charge in [0, 0.05) is 17.8 Å². The lowest BCUT2D eigenvalue weighted by Gasteiger charge is -2.16. The molecule has 0 aliphatic heterocycles. The van der Waals surface area contributed by atoms with Crippen LogP contribution in [0.15, 0.2) is 36.8 Å². The molecule has 2 heterocycles. The summed E-state index contributed by atoms with van der Waals surface area (Å²) in [7, 11) is 0. The lowest BCUT2D eigenvalue weighted by atomic mass is 10.1. The van der Waals surface area contributed by atoms with E-state index >= 15 is 0 Å². The van der Waals surface area contributed by atoms with E-state index in [1.807, 2.05) is 42.1 Å². The predicted octanol–water partition coefficient (Wildman–Crippen LogP) is 4.44. The van der Waals surface area contributed by atoms with Gasteiger partial charge in [-0.2, -0.15) is 9.37 Å². The summed E-state index contributed by atoms with van der Waals surface area (Å²) in [4.78, 5) is 12.4. The normalized spacial score (nSPS) is 15.1. The Morgan fingerprint density at radius 1 is 1.15 bits per heavy atom. The van der Waals surface area contributed by atoms with Crippen molar-refractivity contribution < 1.29 is 9.13 Å². The number of aryl methyl sites for hydroxylation is 1. The number of ether oxygens (including phenoxy) is 1. The van der Waals surface area contributed by atoms with Crippen LogP contribution in [0.3, 0.4) is 0 Å². The molecular formula is C20H21FN4O. The molecule has 1 fully saturated rings. The van der Waals surface area contributed by atoms with Gasteiger partial charge < -0.3 is 9.30 Å². The lowest BCUT2D eigenvalue weighted by molar-refractivity contribution is 0.213. The van der Waals surface area contributed by atoms with Gasteiger partial charge in [0.05, 0.1) is 17.6 Å². The van der Waals surface area contributed by atoms with Crippen LogP contribution >= 0.6 is 0 Å². The fourth-order valence-electron chi connectivity index (χ4n) is 2.91. The SMILES string of the molecule is Cc1nc(F)c(C)c(OC(C)c2ccc(-n3cnc(C4CC4)c3)cc2)n1. The van der Waals surface area contributed by atoms with Gasteiger partial charge in [0.25, 0.3) is 0 Å². The highest BCUT2D eigenvalue weighted by molar-refractivity contribution is 5.36. The molecule has 0 radical (unpaired) electrons.